The van der Waals surface area contributed by atoms with Crippen molar-refractivity contribution in [3.05, 3.63) is 0 Å². The molecule has 2 saturated heterocycles. The topological polar surface area (TPSA) is 35.6 Å². The van der Waals surface area contributed by atoms with Crippen molar-refractivity contribution in [1.82, 2.24) is 15.1 Å². The van der Waals surface area contributed by atoms with Crippen LogP contribution in [0.5, 0.6) is 0 Å². The third kappa shape index (κ3) is 3.17. The van der Waals surface area contributed by atoms with Crippen LogP contribution in [0.3, 0.4) is 0 Å². The third-order valence-electron chi connectivity index (χ3n) is 5.56. The van der Waals surface area contributed by atoms with Crippen molar-refractivity contribution in [1.29, 1.82) is 0 Å². The lowest BCUT2D eigenvalue weighted by molar-refractivity contribution is -0.145. The van der Waals surface area contributed by atoms with Gasteiger partial charge in [-0.2, -0.15) is 0 Å². The summed E-state index contributed by atoms with van der Waals surface area (Å²) in [5.74, 6) is 0.399. The Morgan fingerprint density at radius 3 is 2.35 bits per heavy atom. The average Bonchev–Trinajstić information content (AvgIpc) is 2.54. The van der Waals surface area contributed by atoms with Crippen LogP contribution >= 0.6 is 0 Å². The molecule has 0 unspecified atom stereocenters. The van der Waals surface area contributed by atoms with Crippen molar-refractivity contribution in [2.24, 2.45) is 5.41 Å². The molecule has 1 N–H and O–H groups in total. The van der Waals surface area contributed by atoms with E-state index in [1.165, 1.54) is 0 Å². The van der Waals surface area contributed by atoms with Gasteiger partial charge in [-0.3, -0.25) is 4.79 Å². The number of nitrogens with one attached hydrogen (secondary N) is 1. The second-order valence-corrected chi connectivity index (χ2v) is 6.47. The first-order valence-electron chi connectivity index (χ1n) is 8.33. The SMILES string of the molecule is CCN1CCC(N(C)C(=O)C2(CC)CCNCC2)CC1. The fourth-order valence-corrected chi connectivity index (χ4v) is 3.79. The first kappa shape index (κ1) is 15.8. The lowest BCUT2D eigenvalue weighted by Gasteiger charge is -2.43. The van der Waals surface area contributed by atoms with Gasteiger partial charge in [0.15, 0.2) is 0 Å². The molecule has 0 radical (unpaired) electrons. The van der Waals surface area contributed by atoms with Gasteiger partial charge in [0.1, 0.15) is 0 Å². The van der Waals surface area contributed by atoms with Gasteiger partial charge in [0.05, 0.1) is 5.41 Å². The lowest BCUT2D eigenvalue weighted by Crippen LogP contribution is -2.53. The highest BCUT2D eigenvalue weighted by molar-refractivity contribution is 5.83. The van der Waals surface area contributed by atoms with Crippen LogP contribution in [0.15, 0.2) is 0 Å². The summed E-state index contributed by atoms with van der Waals surface area (Å²) in [5, 5.41) is 3.38. The van der Waals surface area contributed by atoms with Crippen LogP contribution in [0.25, 0.3) is 0 Å². The van der Waals surface area contributed by atoms with Crippen molar-refractivity contribution in [2.45, 2.75) is 52.0 Å². The maximum absolute atomic E-state index is 13.0. The molecule has 20 heavy (non-hydrogen) atoms. The highest BCUT2D eigenvalue weighted by Crippen LogP contribution is 2.35. The van der Waals surface area contributed by atoms with Crippen molar-refractivity contribution in [3.63, 3.8) is 0 Å². The van der Waals surface area contributed by atoms with E-state index in [0.29, 0.717) is 11.9 Å². The second kappa shape index (κ2) is 6.90. The first-order valence-corrected chi connectivity index (χ1v) is 8.33. The Bertz CT molecular complexity index is 318. The molecule has 0 aromatic rings. The number of nitrogens with zero attached hydrogens (tertiary/aromatic N) is 2. The standard InChI is InChI=1S/C16H31N3O/c1-4-16(8-10-17-11-9-16)15(20)18(3)14-6-12-19(5-2)13-7-14/h14,17H,4-13H2,1-3H3. The van der Waals surface area contributed by atoms with Gasteiger partial charge in [0.25, 0.3) is 0 Å². The van der Waals surface area contributed by atoms with E-state index in [0.717, 1.165) is 64.8 Å². The molecule has 2 rings (SSSR count). The fraction of sp³-hybridized carbons (Fsp3) is 0.938. The molecule has 2 aliphatic heterocycles. The van der Waals surface area contributed by atoms with E-state index < -0.39 is 0 Å². The van der Waals surface area contributed by atoms with Crippen LogP contribution in [-0.4, -0.2) is 61.5 Å². The molecule has 0 aliphatic carbocycles. The lowest BCUT2D eigenvalue weighted by atomic mass is 9.75. The number of carbonyl (C=O) groups excluding carboxylic acids is 1. The van der Waals surface area contributed by atoms with Gasteiger partial charge in [-0.15, -0.1) is 0 Å². The molecule has 0 bridgehead atoms. The van der Waals surface area contributed by atoms with Crippen LogP contribution in [0.4, 0.5) is 0 Å². The predicted octanol–water partition coefficient (Wildman–Crippen LogP) is 1.71. The minimum atomic E-state index is -0.0953. The Morgan fingerprint density at radius 1 is 1.25 bits per heavy atom. The molecule has 0 spiro atoms. The van der Waals surface area contributed by atoms with E-state index in [-0.39, 0.29) is 5.41 Å². The van der Waals surface area contributed by atoms with Gasteiger partial charge in [0.2, 0.25) is 5.91 Å². The van der Waals surface area contributed by atoms with Gasteiger partial charge in [-0.25, -0.2) is 0 Å². The van der Waals surface area contributed by atoms with Crippen molar-refractivity contribution >= 4 is 5.91 Å². The Balaban J connectivity index is 1.97. The predicted molar refractivity (Wildman–Crippen MR) is 82.7 cm³/mol. The summed E-state index contributed by atoms with van der Waals surface area (Å²) in [7, 11) is 2.04. The van der Waals surface area contributed by atoms with E-state index in [1.54, 1.807) is 0 Å². The van der Waals surface area contributed by atoms with Crippen LogP contribution in [0, 0.1) is 5.41 Å². The van der Waals surface area contributed by atoms with Crippen molar-refractivity contribution in [2.75, 3.05) is 39.8 Å². The molecule has 4 heteroatoms. The van der Waals surface area contributed by atoms with E-state index in [9.17, 15) is 4.79 Å². The Kier molecular flexibility index (Phi) is 5.44. The van der Waals surface area contributed by atoms with Crippen LogP contribution in [0.1, 0.15) is 46.0 Å². The second-order valence-electron chi connectivity index (χ2n) is 6.47. The number of carbonyl (C=O) groups is 1. The highest BCUT2D eigenvalue weighted by atomic mass is 16.2. The van der Waals surface area contributed by atoms with Crippen molar-refractivity contribution in [3.8, 4) is 0 Å². The normalized spacial score (nSPS) is 24.6. The van der Waals surface area contributed by atoms with Crippen LogP contribution in [0.2, 0.25) is 0 Å². The summed E-state index contributed by atoms with van der Waals surface area (Å²) in [6, 6.07) is 0.448. The quantitative estimate of drug-likeness (QED) is 0.852. The monoisotopic (exact) mass is 281 g/mol. The average molecular weight is 281 g/mol. The largest absolute Gasteiger partial charge is 0.342 e. The molecule has 0 saturated carbocycles. The zero-order valence-corrected chi connectivity index (χ0v) is 13.5. The van der Waals surface area contributed by atoms with Gasteiger partial charge in [0, 0.05) is 26.2 Å². The number of piperidine rings is 2. The third-order valence-corrected chi connectivity index (χ3v) is 5.56. The number of hydrogen-bond donors (Lipinski definition) is 1. The summed E-state index contributed by atoms with van der Waals surface area (Å²) in [5.41, 5.74) is -0.0953. The fourth-order valence-electron chi connectivity index (χ4n) is 3.79. The number of rotatable bonds is 4. The number of amides is 1. The molecular weight excluding hydrogens is 250 g/mol. The Labute approximate surface area is 123 Å². The molecular formula is C16H31N3O. The highest BCUT2D eigenvalue weighted by Gasteiger charge is 2.41. The molecule has 0 atom stereocenters. The smallest absolute Gasteiger partial charge is 0.228 e. The molecule has 0 aromatic carbocycles. The maximum atomic E-state index is 13.0. The minimum absolute atomic E-state index is 0.0953. The minimum Gasteiger partial charge on any atom is -0.342 e. The van der Waals surface area contributed by atoms with Gasteiger partial charge in [-0.1, -0.05) is 13.8 Å². The summed E-state index contributed by atoms with van der Waals surface area (Å²) in [6.45, 7) is 9.78. The molecule has 2 aliphatic rings. The van der Waals surface area contributed by atoms with Crippen LogP contribution in [-0.2, 0) is 4.79 Å². The molecule has 2 fully saturated rings. The molecule has 2 heterocycles. The summed E-state index contributed by atoms with van der Waals surface area (Å²) >= 11 is 0. The zero-order valence-electron chi connectivity index (χ0n) is 13.5. The van der Waals surface area contributed by atoms with E-state index >= 15 is 0 Å². The van der Waals surface area contributed by atoms with Crippen LogP contribution < -0.4 is 5.32 Å². The molecule has 0 aromatic heterocycles. The molecule has 4 nitrogen and oxygen atoms in total. The summed E-state index contributed by atoms with van der Waals surface area (Å²) in [6.07, 6.45) is 5.24. The summed E-state index contributed by atoms with van der Waals surface area (Å²) in [4.78, 5) is 17.6. The number of likely N-dealkylation sites (tertiary alicyclic amines) is 1. The van der Waals surface area contributed by atoms with Gasteiger partial charge < -0.3 is 15.1 Å². The van der Waals surface area contributed by atoms with Gasteiger partial charge >= 0.3 is 0 Å². The number of hydrogen-bond acceptors (Lipinski definition) is 3. The molecule has 1 amide bonds. The van der Waals surface area contributed by atoms with E-state index in [2.05, 4.69) is 29.0 Å². The van der Waals surface area contributed by atoms with E-state index in [4.69, 9.17) is 0 Å². The molecule has 116 valence electrons. The van der Waals surface area contributed by atoms with Gasteiger partial charge in [-0.05, 0) is 51.7 Å². The van der Waals surface area contributed by atoms with E-state index in [1.807, 2.05) is 7.05 Å². The first-order chi connectivity index (χ1) is 9.63. The zero-order chi connectivity index (χ0) is 14.6. The maximum Gasteiger partial charge on any atom is 0.228 e. The Morgan fingerprint density at radius 2 is 1.85 bits per heavy atom. The summed E-state index contributed by atoms with van der Waals surface area (Å²) < 4.78 is 0. The van der Waals surface area contributed by atoms with Crippen molar-refractivity contribution < 1.29 is 4.79 Å². The Hall–Kier alpha value is -0.610.